The molecule has 10 nitrogen and oxygen atoms in total. The van der Waals surface area contributed by atoms with Crippen molar-refractivity contribution in [2.45, 2.75) is 78.3 Å². The molecule has 1 unspecified atom stereocenters. The van der Waals surface area contributed by atoms with Crippen LogP contribution in [0.15, 0.2) is 23.3 Å². The molecule has 2 aromatic heterocycles. The number of aldehydes is 1. The summed E-state index contributed by atoms with van der Waals surface area (Å²) in [7, 11) is 3.38. The van der Waals surface area contributed by atoms with E-state index in [1.165, 1.54) is 49.6 Å². The number of rotatable bonds is 7. The van der Waals surface area contributed by atoms with E-state index in [1.807, 2.05) is 11.8 Å². The summed E-state index contributed by atoms with van der Waals surface area (Å²) in [4.78, 5) is 35.5. The lowest BCUT2D eigenvalue weighted by atomic mass is 9.84. The molecule has 40 heavy (non-hydrogen) atoms. The van der Waals surface area contributed by atoms with E-state index in [9.17, 15) is 9.59 Å². The van der Waals surface area contributed by atoms with E-state index in [4.69, 9.17) is 20.4 Å². The van der Waals surface area contributed by atoms with Crippen LogP contribution in [0.1, 0.15) is 80.5 Å². The number of piperazine rings is 1. The molecule has 220 valence electrons. The number of nitrogens with zero attached hydrogens (tertiary/aromatic N) is 6. The number of aromatic nitrogens is 3. The minimum atomic E-state index is -0.0190. The van der Waals surface area contributed by atoms with Gasteiger partial charge in [0, 0.05) is 64.6 Å². The second-order valence-corrected chi connectivity index (χ2v) is 11.0. The Morgan fingerprint density at radius 2 is 1.80 bits per heavy atom. The normalized spacial score (nSPS) is 18.2. The Morgan fingerprint density at radius 3 is 2.33 bits per heavy atom. The number of methoxy groups -OCH3 is 1. The summed E-state index contributed by atoms with van der Waals surface area (Å²) in [6.07, 6.45) is 11.3. The zero-order valence-corrected chi connectivity index (χ0v) is 24.9. The van der Waals surface area contributed by atoms with E-state index in [2.05, 4.69) is 23.0 Å². The number of pyridine rings is 1. The number of nitrogens with two attached hydrogens (primary N) is 1. The zero-order valence-electron chi connectivity index (χ0n) is 24.9. The van der Waals surface area contributed by atoms with Crippen LogP contribution in [0.2, 0.25) is 0 Å². The molecule has 2 aliphatic rings. The lowest BCUT2D eigenvalue weighted by Gasteiger charge is -2.34. The molecule has 2 fully saturated rings. The van der Waals surface area contributed by atoms with Gasteiger partial charge in [0.25, 0.3) is 0 Å². The van der Waals surface area contributed by atoms with Gasteiger partial charge in [0.05, 0.1) is 12.8 Å². The van der Waals surface area contributed by atoms with Gasteiger partial charge in [-0.05, 0) is 50.3 Å². The van der Waals surface area contributed by atoms with Gasteiger partial charge in [-0.1, -0.05) is 32.1 Å². The summed E-state index contributed by atoms with van der Waals surface area (Å²) in [6, 6.07) is 3.75. The average molecular weight is 554 g/mol. The Bertz CT molecular complexity index is 1130. The van der Waals surface area contributed by atoms with Gasteiger partial charge < -0.3 is 15.4 Å². The minimum absolute atomic E-state index is 0.0190. The van der Waals surface area contributed by atoms with Crippen LogP contribution < -0.4 is 10.5 Å². The molecule has 1 atom stereocenters. The largest absolute Gasteiger partial charge is 0.479 e. The molecule has 0 spiro atoms. The number of ether oxygens (including phenoxy) is 1. The number of carbonyl (C=O) groups excluding carboxylic acids is 2. The van der Waals surface area contributed by atoms with E-state index in [0.717, 1.165) is 61.7 Å². The zero-order chi connectivity index (χ0) is 29.1. The van der Waals surface area contributed by atoms with Crippen LogP contribution in [0.3, 0.4) is 0 Å². The van der Waals surface area contributed by atoms with Crippen molar-refractivity contribution in [3.05, 3.63) is 35.3 Å². The van der Waals surface area contributed by atoms with Crippen LogP contribution in [0.25, 0.3) is 0 Å². The smallest absolute Gasteiger partial charge is 0.240 e. The van der Waals surface area contributed by atoms with Crippen molar-refractivity contribution < 1.29 is 14.3 Å². The highest BCUT2D eigenvalue weighted by molar-refractivity contribution is 5.90. The van der Waals surface area contributed by atoms with Crippen molar-refractivity contribution >= 4 is 23.6 Å². The van der Waals surface area contributed by atoms with Gasteiger partial charge in [0.1, 0.15) is 11.4 Å². The number of aryl methyl sites for hydroxylation is 2. The third kappa shape index (κ3) is 8.96. The standard InChI is InChI=1S/C25H41N5O2.C5H6N2O/c1-18-16-22(17-29-12-14-30(15-13-29)20(3)31)28-25(32-4)24(18)27-19(2)23(26)21-10-8-6-5-7-9-11-21;1-7-5(4-8)2-3-6-7/h16,21,23H,5-15,17,26H2,1-4H3;2-4H,1H3. The summed E-state index contributed by atoms with van der Waals surface area (Å²) in [5, 5.41) is 3.77. The summed E-state index contributed by atoms with van der Waals surface area (Å²) in [5.74, 6) is 1.22. The summed E-state index contributed by atoms with van der Waals surface area (Å²) in [5.41, 5.74) is 11.0. The maximum atomic E-state index is 11.6. The second-order valence-electron chi connectivity index (χ2n) is 11.0. The van der Waals surface area contributed by atoms with Crippen LogP contribution in [0.4, 0.5) is 5.69 Å². The molecule has 4 rings (SSSR count). The van der Waals surface area contributed by atoms with Crippen molar-refractivity contribution in [3.8, 4) is 5.88 Å². The van der Waals surface area contributed by atoms with Crippen molar-refractivity contribution in [3.63, 3.8) is 0 Å². The highest BCUT2D eigenvalue weighted by Crippen LogP contribution is 2.32. The van der Waals surface area contributed by atoms with E-state index < -0.39 is 0 Å². The van der Waals surface area contributed by atoms with Gasteiger partial charge in [-0.25, -0.2) is 4.98 Å². The van der Waals surface area contributed by atoms with Gasteiger partial charge in [-0.15, -0.1) is 0 Å². The molecule has 1 saturated heterocycles. The molecule has 3 heterocycles. The Kier molecular flexibility index (Phi) is 12.3. The molecular weight excluding hydrogens is 506 g/mol. The molecule has 1 saturated carbocycles. The predicted octanol–water partition coefficient (Wildman–Crippen LogP) is 4.08. The highest BCUT2D eigenvalue weighted by Gasteiger charge is 2.23. The van der Waals surface area contributed by atoms with Crippen LogP contribution >= 0.6 is 0 Å². The molecule has 0 bridgehead atoms. The van der Waals surface area contributed by atoms with Crippen molar-refractivity contribution in [1.82, 2.24) is 24.6 Å². The fourth-order valence-corrected chi connectivity index (χ4v) is 5.45. The van der Waals surface area contributed by atoms with E-state index >= 15 is 0 Å². The monoisotopic (exact) mass is 553 g/mol. The molecule has 2 aromatic rings. The molecule has 1 amide bonds. The number of aliphatic imine (C=N–C) groups is 1. The quantitative estimate of drug-likeness (QED) is 0.405. The lowest BCUT2D eigenvalue weighted by Crippen LogP contribution is -2.47. The van der Waals surface area contributed by atoms with Crippen LogP contribution in [-0.4, -0.2) is 81.8 Å². The molecule has 1 aliphatic heterocycles. The SMILES string of the molecule is COc1nc(CN2CCN(C(C)=O)CC2)cc(C)c1N=C(C)C(N)C1CCCCCCC1.Cn1nccc1C=O. The van der Waals surface area contributed by atoms with Crippen molar-refractivity contribution in [2.75, 3.05) is 33.3 Å². The first-order valence-corrected chi connectivity index (χ1v) is 14.5. The average Bonchev–Trinajstić information content (AvgIpc) is 3.34. The third-order valence-corrected chi connectivity index (χ3v) is 8.01. The maximum Gasteiger partial charge on any atom is 0.240 e. The molecule has 10 heteroatoms. The van der Waals surface area contributed by atoms with Crippen LogP contribution in [-0.2, 0) is 18.4 Å². The Morgan fingerprint density at radius 1 is 1.15 bits per heavy atom. The first-order chi connectivity index (χ1) is 19.2. The molecule has 2 N–H and O–H groups in total. The highest BCUT2D eigenvalue weighted by atomic mass is 16.5. The summed E-state index contributed by atoms with van der Waals surface area (Å²) in [6.45, 7) is 9.75. The van der Waals surface area contributed by atoms with Gasteiger partial charge in [-0.2, -0.15) is 5.10 Å². The summed E-state index contributed by atoms with van der Waals surface area (Å²) < 4.78 is 7.16. The fraction of sp³-hybridized carbons (Fsp3) is 0.633. The number of amides is 1. The predicted molar refractivity (Wildman–Crippen MR) is 158 cm³/mol. The first-order valence-electron chi connectivity index (χ1n) is 14.5. The molecule has 0 aromatic carbocycles. The van der Waals surface area contributed by atoms with Crippen LogP contribution in [0.5, 0.6) is 5.88 Å². The number of hydrogen-bond donors (Lipinski definition) is 1. The van der Waals surface area contributed by atoms with Crippen molar-refractivity contribution in [2.24, 2.45) is 23.7 Å². The molecule has 1 aliphatic carbocycles. The molecule has 0 radical (unpaired) electrons. The topological polar surface area (TPSA) is 119 Å². The Balaban J connectivity index is 0.000000472. The van der Waals surface area contributed by atoms with Crippen LogP contribution in [0, 0.1) is 12.8 Å². The van der Waals surface area contributed by atoms with Gasteiger partial charge in [0.15, 0.2) is 6.29 Å². The minimum Gasteiger partial charge on any atom is -0.479 e. The van der Waals surface area contributed by atoms with E-state index in [1.54, 1.807) is 33.3 Å². The molecular formula is C30H47N7O3. The van der Waals surface area contributed by atoms with Gasteiger partial charge >= 0.3 is 0 Å². The third-order valence-electron chi connectivity index (χ3n) is 8.01. The lowest BCUT2D eigenvalue weighted by molar-refractivity contribution is -0.130. The van der Waals surface area contributed by atoms with E-state index in [-0.39, 0.29) is 11.9 Å². The number of hydrogen-bond acceptors (Lipinski definition) is 8. The Labute approximate surface area is 239 Å². The summed E-state index contributed by atoms with van der Waals surface area (Å²) >= 11 is 0. The fourth-order valence-electron chi connectivity index (χ4n) is 5.45. The van der Waals surface area contributed by atoms with Gasteiger partial charge in [0.2, 0.25) is 11.8 Å². The maximum absolute atomic E-state index is 11.6. The van der Waals surface area contributed by atoms with Gasteiger partial charge in [-0.3, -0.25) is 24.2 Å². The van der Waals surface area contributed by atoms with Crippen molar-refractivity contribution in [1.29, 1.82) is 0 Å². The Hall–Kier alpha value is -3.11. The second kappa shape index (κ2) is 15.6. The number of carbonyl (C=O) groups is 2. The van der Waals surface area contributed by atoms with E-state index in [0.29, 0.717) is 17.5 Å². The first kappa shape index (κ1) is 31.4.